The van der Waals surface area contributed by atoms with Crippen molar-refractivity contribution in [2.24, 2.45) is 0 Å². The van der Waals surface area contributed by atoms with Gasteiger partial charge in [-0.15, -0.1) is 0 Å². The fourth-order valence-electron chi connectivity index (χ4n) is 2.68. The second-order valence-electron chi connectivity index (χ2n) is 5.55. The number of benzene rings is 2. The largest absolute Gasteiger partial charge is 0.465 e. The summed E-state index contributed by atoms with van der Waals surface area (Å²) in [4.78, 5) is 19.9. The summed E-state index contributed by atoms with van der Waals surface area (Å²) in [6.45, 7) is 0. The first-order chi connectivity index (χ1) is 13.1. The SMILES string of the molecule is COC(=O)c1c(-c2c(Cl)cccc2Cl)noc1Nc1nc2ccccc2[nH]1. The van der Waals surface area contributed by atoms with E-state index in [0.29, 0.717) is 21.6 Å². The molecule has 0 atom stereocenters. The van der Waals surface area contributed by atoms with E-state index in [-0.39, 0.29) is 17.1 Å². The van der Waals surface area contributed by atoms with Gasteiger partial charge in [0, 0.05) is 5.56 Å². The lowest BCUT2D eigenvalue weighted by Gasteiger charge is -2.06. The van der Waals surface area contributed by atoms with Crippen LogP contribution < -0.4 is 5.32 Å². The van der Waals surface area contributed by atoms with Gasteiger partial charge in [-0.2, -0.15) is 0 Å². The van der Waals surface area contributed by atoms with Gasteiger partial charge in [0.1, 0.15) is 5.69 Å². The van der Waals surface area contributed by atoms with E-state index in [1.54, 1.807) is 18.2 Å². The first-order valence-corrected chi connectivity index (χ1v) is 8.58. The molecule has 4 rings (SSSR count). The topological polar surface area (TPSA) is 93.0 Å². The number of nitrogens with one attached hydrogen (secondary N) is 2. The summed E-state index contributed by atoms with van der Waals surface area (Å²) in [5.41, 5.74) is 2.20. The van der Waals surface area contributed by atoms with E-state index in [2.05, 4.69) is 20.4 Å². The highest BCUT2D eigenvalue weighted by molar-refractivity contribution is 6.39. The number of aromatic nitrogens is 3. The molecule has 2 aromatic heterocycles. The van der Waals surface area contributed by atoms with Crippen LogP contribution in [-0.2, 0) is 4.74 Å². The molecular weight excluding hydrogens is 391 g/mol. The minimum absolute atomic E-state index is 0.0619. The molecule has 4 aromatic rings. The number of hydrogen-bond acceptors (Lipinski definition) is 6. The van der Waals surface area contributed by atoms with Crippen LogP contribution in [0.2, 0.25) is 10.0 Å². The Morgan fingerprint density at radius 1 is 1.15 bits per heavy atom. The summed E-state index contributed by atoms with van der Waals surface area (Å²) in [6.07, 6.45) is 0. The molecule has 0 amide bonds. The van der Waals surface area contributed by atoms with Crippen molar-refractivity contribution in [3.05, 3.63) is 58.1 Å². The average molecular weight is 403 g/mol. The number of aromatic amines is 1. The summed E-state index contributed by atoms with van der Waals surface area (Å²) in [6, 6.07) is 12.5. The summed E-state index contributed by atoms with van der Waals surface area (Å²) in [5, 5.41) is 7.56. The van der Waals surface area contributed by atoms with Crippen molar-refractivity contribution in [2.75, 3.05) is 12.4 Å². The fraction of sp³-hybridized carbons (Fsp3) is 0.0556. The predicted octanol–water partition coefficient (Wildman–Crippen LogP) is 5.05. The molecule has 2 N–H and O–H groups in total. The molecule has 0 aliphatic rings. The minimum atomic E-state index is -0.652. The molecule has 0 spiro atoms. The zero-order valence-electron chi connectivity index (χ0n) is 13.9. The lowest BCUT2D eigenvalue weighted by Crippen LogP contribution is -2.06. The molecule has 136 valence electrons. The monoisotopic (exact) mass is 402 g/mol. The van der Waals surface area contributed by atoms with E-state index in [1.165, 1.54) is 7.11 Å². The average Bonchev–Trinajstić information content (AvgIpc) is 3.25. The van der Waals surface area contributed by atoms with Crippen LogP contribution in [0.4, 0.5) is 11.8 Å². The Hall–Kier alpha value is -3.03. The van der Waals surface area contributed by atoms with E-state index >= 15 is 0 Å². The summed E-state index contributed by atoms with van der Waals surface area (Å²) in [7, 11) is 1.26. The van der Waals surface area contributed by atoms with Crippen LogP contribution in [0.25, 0.3) is 22.3 Å². The second-order valence-corrected chi connectivity index (χ2v) is 6.37. The summed E-state index contributed by atoms with van der Waals surface area (Å²) >= 11 is 12.5. The Kier molecular flexibility index (Phi) is 4.47. The third kappa shape index (κ3) is 3.11. The van der Waals surface area contributed by atoms with Gasteiger partial charge in [0.25, 0.3) is 0 Å². The normalized spacial score (nSPS) is 10.9. The number of hydrogen-bond donors (Lipinski definition) is 2. The van der Waals surface area contributed by atoms with Gasteiger partial charge >= 0.3 is 5.97 Å². The molecule has 2 heterocycles. The highest BCUT2D eigenvalue weighted by Crippen LogP contribution is 2.39. The first kappa shape index (κ1) is 17.4. The molecule has 0 aliphatic heterocycles. The van der Waals surface area contributed by atoms with Gasteiger partial charge in [-0.05, 0) is 24.3 Å². The second kappa shape index (κ2) is 6.94. The van der Waals surface area contributed by atoms with Crippen LogP contribution in [0.5, 0.6) is 0 Å². The maximum absolute atomic E-state index is 12.4. The lowest BCUT2D eigenvalue weighted by molar-refractivity contribution is 0.0602. The molecule has 27 heavy (non-hydrogen) atoms. The molecule has 0 fully saturated rings. The van der Waals surface area contributed by atoms with Crippen molar-refractivity contribution in [2.45, 2.75) is 0 Å². The number of rotatable bonds is 4. The van der Waals surface area contributed by atoms with Gasteiger partial charge in [-0.25, -0.2) is 9.78 Å². The van der Waals surface area contributed by atoms with Crippen LogP contribution in [0.15, 0.2) is 47.0 Å². The first-order valence-electron chi connectivity index (χ1n) is 7.82. The molecule has 0 saturated heterocycles. The molecule has 0 bridgehead atoms. The third-order valence-electron chi connectivity index (χ3n) is 3.90. The number of ether oxygens (including phenoxy) is 1. The maximum Gasteiger partial charge on any atom is 0.345 e. The number of nitrogens with zero attached hydrogens (tertiary/aromatic N) is 2. The number of carbonyl (C=O) groups is 1. The van der Waals surface area contributed by atoms with Crippen molar-refractivity contribution in [1.29, 1.82) is 0 Å². The van der Waals surface area contributed by atoms with Crippen molar-refractivity contribution >= 4 is 52.0 Å². The molecule has 7 nitrogen and oxygen atoms in total. The zero-order valence-corrected chi connectivity index (χ0v) is 15.4. The zero-order chi connectivity index (χ0) is 19.0. The van der Waals surface area contributed by atoms with E-state index in [0.717, 1.165) is 11.0 Å². The molecule has 0 unspecified atom stereocenters. The van der Waals surface area contributed by atoms with E-state index < -0.39 is 5.97 Å². The quantitative estimate of drug-likeness (QED) is 0.463. The summed E-state index contributed by atoms with van der Waals surface area (Å²) in [5.74, 6) is -0.206. The van der Waals surface area contributed by atoms with Crippen molar-refractivity contribution in [3.8, 4) is 11.3 Å². The van der Waals surface area contributed by atoms with Gasteiger partial charge in [0.15, 0.2) is 5.56 Å². The Morgan fingerprint density at radius 3 is 2.59 bits per heavy atom. The smallest absolute Gasteiger partial charge is 0.345 e. The van der Waals surface area contributed by atoms with Gasteiger partial charge in [-0.3, -0.25) is 5.32 Å². The molecule has 0 saturated carbocycles. The van der Waals surface area contributed by atoms with Crippen LogP contribution in [-0.4, -0.2) is 28.2 Å². The van der Waals surface area contributed by atoms with Crippen LogP contribution in [0, 0.1) is 0 Å². The van der Waals surface area contributed by atoms with E-state index in [1.807, 2.05) is 24.3 Å². The maximum atomic E-state index is 12.4. The molecule has 0 radical (unpaired) electrons. The number of halogens is 2. The highest BCUT2D eigenvalue weighted by Gasteiger charge is 2.28. The standard InChI is InChI=1S/C18H12Cl2N4O3/c1-26-17(25)14-15(13-9(19)5-4-6-10(13)20)24-27-16(14)23-18-21-11-7-2-3-8-12(11)22-18/h2-8H,1H3,(H2,21,22,23). The minimum Gasteiger partial charge on any atom is -0.465 e. The van der Waals surface area contributed by atoms with Crippen molar-refractivity contribution in [1.82, 2.24) is 15.1 Å². The van der Waals surface area contributed by atoms with E-state index in [4.69, 9.17) is 32.5 Å². The van der Waals surface area contributed by atoms with Crippen LogP contribution >= 0.6 is 23.2 Å². The van der Waals surface area contributed by atoms with E-state index in [9.17, 15) is 4.79 Å². The highest BCUT2D eigenvalue weighted by atomic mass is 35.5. The summed E-state index contributed by atoms with van der Waals surface area (Å²) < 4.78 is 10.2. The van der Waals surface area contributed by atoms with Crippen molar-refractivity contribution in [3.63, 3.8) is 0 Å². The number of H-pyrrole nitrogens is 1. The number of esters is 1. The van der Waals surface area contributed by atoms with Gasteiger partial charge in [0.05, 0.1) is 28.2 Å². The lowest BCUT2D eigenvalue weighted by atomic mass is 10.1. The van der Waals surface area contributed by atoms with Gasteiger partial charge in [-0.1, -0.05) is 46.6 Å². The molecule has 9 heteroatoms. The Labute approximate surface area is 163 Å². The third-order valence-corrected chi connectivity index (χ3v) is 4.53. The van der Waals surface area contributed by atoms with Gasteiger partial charge in [0.2, 0.25) is 11.8 Å². The number of imidazole rings is 1. The number of fused-ring (bicyclic) bond motifs is 1. The Balaban J connectivity index is 1.82. The van der Waals surface area contributed by atoms with Crippen LogP contribution in [0.1, 0.15) is 10.4 Å². The molecule has 2 aromatic carbocycles. The number of methoxy groups -OCH3 is 1. The Bertz CT molecular complexity index is 1100. The fourth-order valence-corrected chi connectivity index (χ4v) is 3.26. The number of anilines is 2. The van der Waals surface area contributed by atoms with Gasteiger partial charge < -0.3 is 14.2 Å². The predicted molar refractivity (Wildman–Crippen MR) is 103 cm³/mol. The molecule has 0 aliphatic carbocycles. The van der Waals surface area contributed by atoms with Crippen LogP contribution in [0.3, 0.4) is 0 Å². The number of para-hydroxylation sites is 2. The number of carbonyl (C=O) groups excluding carboxylic acids is 1. The molecular formula is C18H12Cl2N4O3. The Morgan fingerprint density at radius 2 is 1.89 bits per heavy atom. The van der Waals surface area contributed by atoms with Crippen molar-refractivity contribution < 1.29 is 14.1 Å².